The molecule has 7 heteroatoms. The van der Waals surface area contributed by atoms with Crippen molar-refractivity contribution in [2.75, 3.05) is 13.1 Å². The van der Waals surface area contributed by atoms with Gasteiger partial charge in [0.05, 0.1) is 16.8 Å². The third kappa shape index (κ3) is 8.98. The molecule has 0 bridgehead atoms. The molecule has 0 aromatic heterocycles. The largest absolute Gasteiger partial charge is 0.444 e. The first kappa shape index (κ1) is 37.2. The highest BCUT2D eigenvalue weighted by atomic mass is 32.2. The van der Waals surface area contributed by atoms with Crippen LogP contribution in [-0.2, 0) is 14.3 Å². The summed E-state index contributed by atoms with van der Waals surface area (Å²) in [4.78, 5) is 29.5. The summed E-state index contributed by atoms with van der Waals surface area (Å²) in [6.45, 7) is 13.0. The predicted octanol–water partition coefficient (Wildman–Crippen LogP) is 8.97. The first-order chi connectivity index (χ1) is 24.0. The minimum Gasteiger partial charge on any atom is -0.444 e. The number of hydrogen-bond acceptors (Lipinski definition) is 5. The Kier molecular flexibility index (Phi) is 12.5. The van der Waals surface area contributed by atoms with Crippen molar-refractivity contribution in [3.63, 3.8) is 0 Å². The van der Waals surface area contributed by atoms with Crippen LogP contribution in [0.3, 0.4) is 0 Å². The fourth-order valence-electron chi connectivity index (χ4n) is 6.85. The van der Waals surface area contributed by atoms with E-state index >= 15 is 0 Å². The number of carbonyl (C=O) groups excluding carboxylic acids is 2. The minimum absolute atomic E-state index is 0.0281. The highest BCUT2D eigenvalue weighted by Gasteiger charge is 2.45. The van der Waals surface area contributed by atoms with Gasteiger partial charge < -0.3 is 20.3 Å². The fourth-order valence-corrected chi connectivity index (χ4v) is 8.72. The molecule has 1 fully saturated rings. The highest BCUT2D eigenvalue weighted by molar-refractivity contribution is 8.01. The Morgan fingerprint density at radius 2 is 1.28 bits per heavy atom. The Labute approximate surface area is 303 Å². The number of benzene rings is 4. The standard InChI is InChI=1S/C43H53N3O3S/c1-7-31(2)39(40(47)45-32(3)33-20-12-8-13-21-33)44-29-37-28-38(30-46(37)41(48)49-42(4,5)6)50-43(34-22-14-9-15-23-34,35-24-16-10-17-25-35)36-26-18-11-19-27-36/h8-27,31-32,37-39,44H,7,28-30H2,1-6H3,(H,45,47)/t31-,32?,37+,38+,39-/m0/s1. The van der Waals surface area contributed by atoms with Crippen LogP contribution in [-0.4, -0.2) is 52.9 Å². The monoisotopic (exact) mass is 691 g/mol. The number of carbonyl (C=O) groups is 2. The van der Waals surface area contributed by atoms with Gasteiger partial charge in [-0.15, -0.1) is 11.8 Å². The molecule has 2 amide bonds. The summed E-state index contributed by atoms with van der Waals surface area (Å²) in [5.74, 6) is 0.0705. The smallest absolute Gasteiger partial charge is 0.410 e. The van der Waals surface area contributed by atoms with Gasteiger partial charge in [0.15, 0.2) is 0 Å². The van der Waals surface area contributed by atoms with Gasteiger partial charge in [0, 0.05) is 24.4 Å². The summed E-state index contributed by atoms with van der Waals surface area (Å²) >= 11 is 1.90. The van der Waals surface area contributed by atoms with Crippen LogP contribution in [0.1, 0.15) is 82.7 Å². The number of thioether (sulfide) groups is 1. The minimum atomic E-state index is -0.630. The van der Waals surface area contributed by atoms with E-state index in [-0.39, 0.29) is 35.3 Å². The van der Waals surface area contributed by atoms with E-state index in [0.29, 0.717) is 13.1 Å². The number of likely N-dealkylation sites (tertiary alicyclic amines) is 1. The molecule has 0 saturated carbocycles. The molecule has 0 aliphatic carbocycles. The van der Waals surface area contributed by atoms with Gasteiger partial charge in [-0.1, -0.05) is 142 Å². The van der Waals surface area contributed by atoms with Gasteiger partial charge >= 0.3 is 6.09 Å². The van der Waals surface area contributed by atoms with Crippen LogP contribution in [0.2, 0.25) is 0 Å². The third-order valence-corrected chi connectivity index (χ3v) is 11.4. The Balaban J connectivity index is 1.45. The number of nitrogens with zero attached hydrogens (tertiary/aromatic N) is 1. The van der Waals surface area contributed by atoms with Crippen molar-refractivity contribution < 1.29 is 14.3 Å². The highest BCUT2D eigenvalue weighted by Crippen LogP contribution is 2.52. The van der Waals surface area contributed by atoms with E-state index in [2.05, 4.69) is 115 Å². The summed E-state index contributed by atoms with van der Waals surface area (Å²) < 4.78 is 5.47. The molecule has 1 aliphatic rings. The lowest BCUT2D eigenvalue weighted by atomic mass is 9.84. The first-order valence-electron chi connectivity index (χ1n) is 17.9. The summed E-state index contributed by atoms with van der Waals surface area (Å²) in [5, 5.41) is 6.95. The van der Waals surface area contributed by atoms with Crippen molar-refractivity contribution in [3.8, 4) is 0 Å². The maximum absolute atomic E-state index is 13.9. The van der Waals surface area contributed by atoms with Gasteiger partial charge in [0.1, 0.15) is 5.60 Å². The van der Waals surface area contributed by atoms with Crippen molar-refractivity contribution in [2.45, 2.75) is 88.1 Å². The van der Waals surface area contributed by atoms with Crippen LogP contribution >= 0.6 is 11.8 Å². The van der Waals surface area contributed by atoms with E-state index in [4.69, 9.17) is 4.74 Å². The van der Waals surface area contributed by atoms with Crippen LogP contribution in [0.4, 0.5) is 4.79 Å². The van der Waals surface area contributed by atoms with Crippen LogP contribution in [0.5, 0.6) is 0 Å². The second kappa shape index (κ2) is 16.8. The Morgan fingerprint density at radius 3 is 1.74 bits per heavy atom. The molecule has 2 N–H and O–H groups in total. The lowest BCUT2D eigenvalue weighted by molar-refractivity contribution is -0.125. The number of nitrogens with one attached hydrogen (secondary N) is 2. The first-order valence-corrected chi connectivity index (χ1v) is 18.8. The van der Waals surface area contributed by atoms with Crippen LogP contribution in [0, 0.1) is 5.92 Å². The van der Waals surface area contributed by atoms with Gasteiger partial charge in [-0.2, -0.15) is 0 Å². The summed E-state index contributed by atoms with van der Waals surface area (Å²) in [5.41, 5.74) is 4.00. The maximum atomic E-state index is 13.9. The molecule has 264 valence electrons. The van der Waals surface area contributed by atoms with E-state index in [1.54, 1.807) is 0 Å². The van der Waals surface area contributed by atoms with Crippen molar-refractivity contribution in [3.05, 3.63) is 144 Å². The van der Waals surface area contributed by atoms with Crippen molar-refractivity contribution >= 4 is 23.8 Å². The molecule has 50 heavy (non-hydrogen) atoms. The Morgan fingerprint density at radius 1 is 0.800 bits per heavy atom. The number of rotatable bonds is 13. The Bertz CT molecular complexity index is 1550. The third-order valence-electron chi connectivity index (χ3n) is 9.62. The molecule has 5 atom stereocenters. The molecular formula is C43H53N3O3S. The van der Waals surface area contributed by atoms with Gasteiger partial charge in [0.25, 0.3) is 0 Å². The van der Waals surface area contributed by atoms with Gasteiger partial charge in [-0.25, -0.2) is 4.79 Å². The lowest BCUT2D eigenvalue weighted by Crippen LogP contribution is -2.52. The van der Waals surface area contributed by atoms with E-state index in [9.17, 15) is 9.59 Å². The second-order valence-corrected chi connectivity index (χ2v) is 16.0. The molecule has 5 rings (SSSR count). The summed E-state index contributed by atoms with van der Waals surface area (Å²) in [6, 6.07) is 41.4. The SMILES string of the molecule is CC[C@H](C)[C@H](NC[C@H]1C[C@@H](SC(c2ccccc2)(c2ccccc2)c2ccccc2)CN1C(=O)OC(C)(C)C)C(=O)NC(C)c1ccccc1. The van der Waals surface area contributed by atoms with Crippen molar-refractivity contribution in [1.29, 1.82) is 0 Å². The zero-order valence-electron chi connectivity index (χ0n) is 30.3. The second-order valence-electron chi connectivity index (χ2n) is 14.5. The normalized spacial score (nSPS) is 18.2. The average Bonchev–Trinajstić information content (AvgIpc) is 3.54. The van der Waals surface area contributed by atoms with Gasteiger partial charge in [-0.3, -0.25) is 4.79 Å². The molecule has 1 saturated heterocycles. The van der Waals surface area contributed by atoms with Crippen molar-refractivity contribution in [1.82, 2.24) is 15.5 Å². The molecule has 1 unspecified atom stereocenters. The molecule has 1 aliphatic heterocycles. The number of hydrogen-bond donors (Lipinski definition) is 2. The molecule has 0 spiro atoms. The molecule has 6 nitrogen and oxygen atoms in total. The predicted molar refractivity (Wildman–Crippen MR) is 206 cm³/mol. The molecule has 4 aromatic rings. The van der Waals surface area contributed by atoms with Crippen molar-refractivity contribution in [2.24, 2.45) is 5.92 Å². The zero-order chi connectivity index (χ0) is 35.7. The maximum Gasteiger partial charge on any atom is 0.410 e. The number of amides is 2. The van der Waals surface area contributed by atoms with Crippen LogP contribution < -0.4 is 10.6 Å². The van der Waals surface area contributed by atoms with Crippen LogP contribution in [0.25, 0.3) is 0 Å². The lowest BCUT2D eigenvalue weighted by Gasteiger charge is -2.37. The quantitative estimate of drug-likeness (QED) is 0.137. The van der Waals surface area contributed by atoms with Gasteiger partial charge in [0.2, 0.25) is 5.91 Å². The van der Waals surface area contributed by atoms with E-state index < -0.39 is 16.4 Å². The number of ether oxygens (including phenoxy) is 1. The average molecular weight is 692 g/mol. The topological polar surface area (TPSA) is 70.7 Å². The Hall–Kier alpha value is -4.07. The summed E-state index contributed by atoms with van der Waals surface area (Å²) in [7, 11) is 0. The molecular weight excluding hydrogens is 639 g/mol. The van der Waals surface area contributed by atoms with E-state index in [0.717, 1.165) is 18.4 Å². The van der Waals surface area contributed by atoms with E-state index in [1.807, 2.05) is 74.7 Å². The molecule has 1 heterocycles. The van der Waals surface area contributed by atoms with Crippen LogP contribution in [0.15, 0.2) is 121 Å². The fraction of sp³-hybridized carbons (Fsp3) is 0.395. The molecule has 4 aromatic carbocycles. The molecule has 0 radical (unpaired) electrons. The summed E-state index contributed by atoms with van der Waals surface area (Å²) in [6.07, 6.45) is 1.28. The van der Waals surface area contributed by atoms with Gasteiger partial charge in [-0.05, 0) is 62.3 Å². The van der Waals surface area contributed by atoms with E-state index in [1.165, 1.54) is 16.7 Å². The zero-order valence-corrected chi connectivity index (χ0v) is 31.2.